The van der Waals surface area contributed by atoms with Gasteiger partial charge >= 0.3 is 0 Å². The van der Waals surface area contributed by atoms with Gasteiger partial charge in [-0.15, -0.1) is 12.6 Å². The first-order valence-corrected chi connectivity index (χ1v) is 7.56. The van der Waals surface area contributed by atoms with Gasteiger partial charge in [-0.1, -0.05) is 6.07 Å². The molecule has 0 aliphatic rings. The Bertz CT molecular complexity index is 643. The molecule has 1 amide bonds. The van der Waals surface area contributed by atoms with E-state index in [-0.39, 0.29) is 5.91 Å². The lowest BCUT2D eigenvalue weighted by Gasteiger charge is -2.09. The predicted octanol–water partition coefficient (Wildman–Crippen LogP) is 5.06. The zero-order valence-corrected chi connectivity index (χ0v) is 14.1. The highest BCUT2D eigenvalue weighted by Crippen LogP contribution is 2.26. The molecule has 0 aliphatic carbocycles. The number of carbonyl (C=O) groups excluding carboxylic acids is 1. The average Bonchev–Trinajstić information content (AvgIpc) is 2.35. The van der Waals surface area contributed by atoms with Gasteiger partial charge < -0.3 is 5.32 Å². The van der Waals surface area contributed by atoms with E-state index >= 15 is 0 Å². The molecule has 0 spiro atoms. The molecule has 2 rings (SSSR count). The fourth-order valence-electron chi connectivity index (χ4n) is 1.60. The van der Waals surface area contributed by atoms with Crippen LogP contribution in [0.25, 0.3) is 0 Å². The van der Waals surface area contributed by atoms with Crippen molar-refractivity contribution >= 4 is 56.1 Å². The van der Waals surface area contributed by atoms with Crippen molar-refractivity contribution in [2.45, 2.75) is 11.8 Å². The molecule has 0 aliphatic heterocycles. The Hall–Kier alpha value is -0.780. The molecule has 0 heterocycles. The third kappa shape index (κ3) is 3.61. The highest BCUT2D eigenvalue weighted by atomic mass is 79.9. The van der Waals surface area contributed by atoms with E-state index in [1.807, 2.05) is 31.2 Å². The third-order valence-corrected chi connectivity index (χ3v) is 4.19. The number of hydrogen-bond acceptors (Lipinski definition) is 2. The molecule has 0 bridgehead atoms. The van der Waals surface area contributed by atoms with Crippen molar-refractivity contribution in [3.05, 3.63) is 56.5 Å². The lowest BCUT2D eigenvalue weighted by atomic mass is 10.2. The van der Waals surface area contributed by atoms with E-state index < -0.39 is 0 Å². The Labute approximate surface area is 134 Å². The van der Waals surface area contributed by atoms with Crippen molar-refractivity contribution in [1.29, 1.82) is 0 Å². The maximum Gasteiger partial charge on any atom is 0.256 e. The van der Waals surface area contributed by atoms with Crippen LogP contribution in [0.5, 0.6) is 0 Å². The van der Waals surface area contributed by atoms with Gasteiger partial charge in [0.2, 0.25) is 0 Å². The summed E-state index contributed by atoms with van der Waals surface area (Å²) in [5.41, 5.74) is 2.43. The zero-order chi connectivity index (χ0) is 14.0. The largest absolute Gasteiger partial charge is 0.321 e. The van der Waals surface area contributed by atoms with Crippen LogP contribution in [0.1, 0.15) is 15.9 Å². The molecule has 0 atom stereocenters. The zero-order valence-electron chi connectivity index (χ0n) is 10.1. The highest BCUT2D eigenvalue weighted by molar-refractivity contribution is 9.11. The van der Waals surface area contributed by atoms with E-state index in [0.717, 1.165) is 25.1 Å². The Morgan fingerprint density at radius 3 is 2.53 bits per heavy atom. The minimum atomic E-state index is -0.174. The van der Waals surface area contributed by atoms with Gasteiger partial charge in [0, 0.05) is 13.8 Å². The van der Waals surface area contributed by atoms with E-state index in [4.69, 9.17) is 0 Å². The van der Waals surface area contributed by atoms with Crippen molar-refractivity contribution in [3.8, 4) is 0 Å². The second-order valence-corrected chi connectivity index (χ2v) is 6.33. The van der Waals surface area contributed by atoms with Crippen molar-refractivity contribution in [1.82, 2.24) is 0 Å². The summed E-state index contributed by atoms with van der Waals surface area (Å²) in [5, 5.41) is 2.87. The number of anilines is 1. The van der Waals surface area contributed by atoms with Crippen LogP contribution in [0.4, 0.5) is 5.69 Å². The molecule has 2 nitrogen and oxygen atoms in total. The van der Waals surface area contributed by atoms with Crippen molar-refractivity contribution < 1.29 is 4.79 Å². The van der Waals surface area contributed by atoms with E-state index in [2.05, 4.69) is 49.8 Å². The van der Waals surface area contributed by atoms with Gasteiger partial charge in [-0.05, 0) is 74.7 Å². The third-order valence-electron chi connectivity index (χ3n) is 2.57. The van der Waals surface area contributed by atoms with E-state index in [9.17, 15) is 4.79 Å². The van der Waals surface area contributed by atoms with Gasteiger partial charge in [-0.25, -0.2) is 0 Å². The number of rotatable bonds is 2. The number of amides is 1. The smallest absolute Gasteiger partial charge is 0.256 e. The van der Waals surface area contributed by atoms with Crippen molar-refractivity contribution in [2.24, 2.45) is 0 Å². The molecule has 2 aromatic carbocycles. The normalized spacial score (nSPS) is 10.3. The summed E-state index contributed by atoms with van der Waals surface area (Å²) < 4.78 is 1.60. The first kappa shape index (κ1) is 14.6. The van der Waals surface area contributed by atoms with Crippen LogP contribution in [0.3, 0.4) is 0 Å². The summed E-state index contributed by atoms with van der Waals surface area (Å²) in [6, 6.07) is 11.1. The summed E-state index contributed by atoms with van der Waals surface area (Å²) in [5.74, 6) is -0.174. The quantitative estimate of drug-likeness (QED) is 0.677. The first-order chi connectivity index (χ1) is 8.97. The van der Waals surface area contributed by atoms with Crippen LogP contribution >= 0.6 is 44.5 Å². The van der Waals surface area contributed by atoms with E-state index in [1.54, 1.807) is 12.1 Å². The topological polar surface area (TPSA) is 29.1 Å². The molecule has 5 heteroatoms. The number of carbonyl (C=O) groups is 1. The monoisotopic (exact) mass is 399 g/mol. The Kier molecular flexibility index (Phi) is 4.71. The standard InChI is InChI=1S/C14H11Br2NOS/c1-8-2-5-13(12(16)6-8)17-14(18)10-7-9(19)3-4-11(10)15/h2-7,19H,1H3,(H,17,18). The lowest BCUT2D eigenvalue weighted by Crippen LogP contribution is -2.13. The fourth-order valence-corrected chi connectivity index (χ4v) is 2.82. The van der Waals surface area contributed by atoms with E-state index in [0.29, 0.717) is 5.56 Å². The molecule has 0 radical (unpaired) electrons. The minimum Gasteiger partial charge on any atom is -0.321 e. The molecular formula is C14H11Br2NOS. The molecule has 19 heavy (non-hydrogen) atoms. The van der Waals surface area contributed by atoms with Crippen LogP contribution in [0, 0.1) is 6.92 Å². The Morgan fingerprint density at radius 1 is 1.11 bits per heavy atom. The van der Waals surface area contributed by atoms with Crippen LogP contribution in [0.15, 0.2) is 50.2 Å². The second kappa shape index (κ2) is 6.11. The minimum absolute atomic E-state index is 0.174. The first-order valence-electron chi connectivity index (χ1n) is 5.53. The molecule has 1 N–H and O–H groups in total. The number of halogens is 2. The fraction of sp³-hybridized carbons (Fsp3) is 0.0714. The van der Waals surface area contributed by atoms with E-state index in [1.165, 1.54) is 0 Å². The van der Waals surface area contributed by atoms with Gasteiger partial charge in [-0.3, -0.25) is 4.79 Å². The highest BCUT2D eigenvalue weighted by Gasteiger charge is 2.12. The maximum atomic E-state index is 12.2. The maximum absolute atomic E-state index is 12.2. The Morgan fingerprint density at radius 2 is 1.84 bits per heavy atom. The molecule has 0 saturated carbocycles. The molecular weight excluding hydrogens is 390 g/mol. The molecule has 0 saturated heterocycles. The van der Waals surface area contributed by atoms with Crippen LogP contribution in [-0.2, 0) is 0 Å². The van der Waals surface area contributed by atoms with Gasteiger partial charge in [0.05, 0.1) is 11.3 Å². The summed E-state index contributed by atoms with van der Waals surface area (Å²) in [6.07, 6.45) is 0. The number of aryl methyl sites for hydroxylation is 1. The molecule has 0 unspecified atom stereocenters. The van der Waals surface area contributed by atoms with Gasteiger partial charge in [0.15, 0.2) is 0 Å². The molecule has 0 fully saturated rings. The van der Waals surface area contributed by atoms with Gasteiger partial charge in [-0.2, -0.15) is 0 Å². The number of hydrogen-bond donors (Lipinski definition) is 2. The molecule has 0 aromatic heterocycles. The lowest BCUT2D eigenvalue weighted by molar-refractivity contribution is 0.102. The van der Waals surface area contributed by atoms with Crippen LogP contribution in [-0.4, -0.2) is 5.91 Å². The van der Waals surface area contributed by atoms with Crippen molar-refractivity contribution in [2.75, 3.05) is 5.32 Å². The van der Waals surface area contributed by atoms with Gasteiger partial charge in [0.1, 0.15) is 0 Å². The summed E-state index contributed by atoms with van der Waals surface area (Å²) in [7, 11) is 0. The average molecular weight is 401 g/mol. The molecule has 98 valence electrons. The predicted molar refractivity (Wildman–Crippen MR) is 88.2 cm³/mol. The van der Waals surface area contributed by atoms with Crippen LogP contribution < -0.4 is 5.32 Å². The SMILES string of the molecule is Cc1ccc(NC(=O)c2cc(S)ccc2Br)c(Br)c1. The summed E-state index contributed by atoms with van der Waals surface area (Å²) in [4.78, 5) is 13.0. The van der Waals surface area contributed by atoms with Crippen molar-refractivity contribution in [3.63, 3.8) is 0 Å². The number of thiol groups is 1. The van der Waals surface area contributed by atoms with Gasteiger partial charge in [0.25, 0.3) is 5.91 Å². The number of nitrogens with one attached hydrogen (secondary N) is 1. The summed E-state index contributed by atoms with van der Waals surface area (Å²) >= 11 is 11.1. The Balaban J connectivity index is 2.28. The molecule has 2 aromatic rings. The number of benzene rings is 2. The second-order valence-electron chi connectivity index (χ2n) is 4.10. The summed E-state index contributed by atoms with van der Waals surface area (Å²) in [6.45, 7) is 2.00. The van der Waals surface area contributed by atoms with Crippen LogP contribution in [0.2, 0.25) is 0 Å².